The molecule has 2 bridgehead atoms. The maximum atomic E-state index is 12.4. The number of aliphatic imine (C=N–C) groups is 1. The number of aliphatic hydroxyl groups is 1. The van der Waals surface area contributed by atoms with Crippen LogP contribution in [0.15, 0.2) is 4.99 Å². The topological polar surface area (TPSA) is 56.1 Å². The van der Waals surface area contributed by atoms with Crippen molar-refractivity contribution in [2.75, 3.05) is 20.1 Å². The Bertz CT molecular complexity index is 859. The van der Waals surface area contributed by atoms with E-state index in [-0.39, 0.29) is 5.91 Å². The summed E-state index contributed by atoms with van der Waals surface area (Å²) in [6.45, 7) is 8.58. The fraction of sp³-hybridized carbons (Fsp3) is 0.933. The van der Waals surface area contributed by atoms with E-state index in [9.17, 15) is 9.90 Å². The minimum absolute atomic E-state index is 0.269. The van der Waals surface area contributed by atoms with Crippen molar-refractivity contribution >= 4 is 11.6 Å². The first-order chi connectivity index (χ1) is 16.7. The second-order valence-corrected chi connectivity index (χ2v) is 14.0. The number of piperidine rings is 2. The van der Waals surface area contributed by atoms with E-state index in [0.29, 0.717) is 47.7 Å². The van der Waals surface area contributed by atoms with Crippen LogP contribution >= 0.6 is 0 Å². The third kappa shape index (κ3) is 4.21. The number of likely N-dealkylation sites (tertiary alicyclic amines) is 2. The third-order valence-electron chi connectivity index (χ3n) is 11.7. The van der Waals surface area contributed by atoms with Crippen LogP contribution in [0.3, 0.4) is 0 Å². The van der Waals surface area contributed by atoms with Gasteiger partial charge in [-0.25, -0.2) is 0 Å². The van der Waals surface area contributed by atoms with Gasteiger partial charge in [0.15, 0.2) is 0 Å². The molecule has 5 nitrogen and oxygen atoms in total. The number of fused-ring (bicyclic) bond motifs is 4. The van der Waals surface area contributed by atoms with E-state index in [1.807, 2.05) is 0 Å². The molecule has 5 fully saturated rings. The zero-order chi connectivity index (χ0) is 24.5. The van der Waals surface area contributed by atoms with Crippen LogP contribution in [-0.2, 0) is 4.79 Å². The Morgan fingerprint density at radius 3 is 2.63 bits per heavy atom. The van der Waals surface area contributed by atoms with Crippen LogP contribution in [0, 0.1) is 41.4 Å². The van der Waals surface area contributed by atoms with Crippen LogP contribution in [0.2, 0.25) is 0 Å². The van der Waals surface area contributed by atoms with E-state index in [1.165, 1.54) is 44.2 Å². The number of rotatable bonds is 2. The molecule has 6 rings (SSSR count). The highest BCUT2D eigenvalue weighted by molar-refractivity contribution is 5.94. The highest BCUT2D eigenvalue weighted by atomic mass is 16.3. The molecule has 1 unspecified atom stereocenters. The lowest BCUT2D eigenvalue weighted by Gasteiger charge is -2.51. The molecule has 11 atom stereocenters. The Kier molecular flexibility index (Phi) is 6.35. The summed E-state index contributed by atoms with van der Waals surface area (Å²) in [4.78, 5) is 22.6. The number of hydrogen-bond acceptors (Lipinski definition) is 4. The lowest BCUT2D eigenvalue weighted by Crippen LogP contribution is -2.57. The van der Waals surface area contributed by atoms with E-state index < -0.39 is 5.60 Å². The summed E-state index contributed by atoms with van der Waals surface area (Å²) in [5.74, 6) is 4.84. The van der Waals surface area contributed by atoms with Crippen molar-refractivity contribution < 1.29 is 9.90 Å². The SMILES string of the molecule is CC(=O)N1CCCC2[C@@H](C[C@@H]3CC[C@@]4(O)C(=N3)C[C@@H]3C[C@@H](C)C[C@H]5[C@@H]3C[C@@H]4CN5C)C[C@H](C)C[C@H]21. The van der Waals surface area contributed by atoms with Gasteiger partial charge in [0.25, 0.3) is 0 Å². The molecule has 0 aromatic rings. The molecular weight excluding hydrogens is 434 g/mol. The molecule has 1 N–H and O–H groups in total. The Morgan fingerprint density at radius 1 is 1.06 bits per heavy atom. The molecule has 3 aliphatic carbocycles. The fourth-order valence-electron chi connectivity index (χ4n) is 10.2. The van der Waals surface area contributed by atoms with Crippen molar-refractivity contribution in [2.45, 2.75) is 115 Å². The van der Waals surface area contributed by atoms with Crippen LogP contribution in [0.1, 0.15) is 91.4 Å². The van der Waals surface area contributed by atoms with Crippen molar-refractivity contribution in [3.63, 3.8) is 0 Å². The summed E-state index contributed by atoms with van der Waals surface area (Å²) in [6, 6.07) is 1.51. The molecule has 2 saturated heterocycles. The van der Waals surface area contributed by atoms with Gasteiger partial charge in [-0.15, -0.1) is 0 Å². The Hall–Kier alpha value is -0.940. The zero-order valence-corrected chi connectivity index (χ0v) is 22.7. The molecule has 0 radical (unpaired) electrons. The summed E-state index contributed by atoms with van der Waals surface area (Å²) in [5.41, 5.74) is 0.512. The lowest BCUT2D eigenvalue weighted by atomic mass is 9.65. The number of hydrogen-bond donors (Lipinski definition) is 1. The summed E-state index contributed by atoms with van der Waals surface area (Å²) < 4.78 is 0. The van der Waals surface area contributed by atoms with Gasteiger partial charge < -0.3 is 14.9 Å². The smallest absolute Gasteiger partial charge is 0.219 e. The summed E-state index contributed by atoms with van der Waals surface area (Å²) in [5, 5.41) is 12.1. The van der Waals surface area contributed by atoms with E-state index in [4.69, 9.17) is 4.99 Å². The lowest BCUT2D eigenvalue weighted by molar-refractivity contribution is -0.137. The summed E-state index contributed by atoms with van der Waals surface area (Å²) >= 11 is 0. The Balaban J connectivity index is 1.24. The van der Waals surface area contributed by atoms with Crippen molar-refractivity contribution in [1.29, 1.82) is 0 Å². The largest absolute Gasteiger partial charge is 0.384 e. The van der Waals surface area contributed by atoms with E-state index in [0.717, 1.165) is 57.0 Å². The molecule has 3 aliphatic heterocycles. The highest BCUT2D eigenvalue weighted by Gasteiger charge is 2.55. The predicted octanol–water partition coefficient (Wildman–Crippen LogP) is 4.77. The molecule has 6 aliphatic rings. The van der Waals surface area contributed by atoms with Gasteiger partial charge in [0.1, 0.15) is 5.60 Å². The van der Waals surface area contributed by atoms with Crippen molar-refractivity contribution in [2.24, 2.45) is 46.4 Å². The summed E-state index contributed by atoms with van der Waals surface area (Å²) in [6.07, 6.45) is 12.9. The maximum Gasteiger partial charge on any atom is 0.219 e. The third-order valence-corrected chi connectivity index (χ3v) is 11.7. The van der Waals surface area contributed by atoms with Crippen LogP contribution in [0.5, 0.6) is 0 Å². The molecule has 3 heterocycles. The van der Waals surface area contributed by atoms with Gasteiger partial charge in [-0.05, 0) is 113 Å². The first-order valence-corrected chi connectivity index (χ1v) is 15.0. The molecule has 3 saturated carbocycles. The second-order valence-electron chi connectivity index (χ2n) is 14.0. The zero-order valence-electron chi connectivity index (χ0n) is 22.7. The monoisotopic (exact) mass is 483 g/mol. The normalized spacial score (nSPS) is 50.0. The van der Waals surface area contributed by atoms with Gasteiger partial charge in [-0.2, -0.15) is 0 Å². The molecule has 5 heteroatoms. The molecule has 0 aromatic carbocycles. The number of carbonyl (C=O) groups excluding carboxylic acids is 1. The van der Waals surface area contributed by atoms with E-state index >= 15 is 0 Å². The fourth-order valence-corrected chi connectivity index (χ4v) is 10.2. The Labute approximate surface area is 213 Å². The number of nitrogens with zero attached hydrogens (tertiary/aromatic N) is 3. The minimum Gasteiger partial charge on any atom is -0.384 e. The van der Waals surface area contributed by atoms with E-state index in [2.05, 4.69) is 30.7 Å². The van der Waals surface area contributed by atoms with E-state index in [1.54, 1.807) is 6.92 Å². The van der Waals surface area contributed by atoms with Crippen LogP contribution in [0.4, 0.5) is 0 Å². The molecule has 0 aromatic heterocycles. The van der Waals surface area contributed by atoms with Crippen LogP contribution in [-0.4, -0.2) is 70.4 Å². The average Bonchev–Trinajstić information content (AvgIpc) is 2.91. The van der Waals surface area contributed by atoms with Gasteiger partial charge in [0.05, 0.1) is 6.04 Å². The molecule has 0 spiro atoms. The first kappa shape index (κ1) is 24.4. The molecule has 1 amide bonds. The summed E-state index contributed by atoms with van der Waals surface area (Å²) in [7, 11) is 2.31. The van der Waals surface area contributed by atoms with Gasteiger partial charge in [-0.3, -0.25) is 9.79 Å². The highest BCUT2D eigenvalue weighted by Crippen LogP contribution is 2.52. The second kappa shape index (κ2) is 9.11. The maximum absolute atomic E-state index is 12.4. The van der Waals surface area contributed by atoms with Gasteiger partial charge in [0, 0.05) is 43.7 Å². The first-order valence-electron chi connectivity index (χ1n) is 15.0. The standard InChI is InChI=1S/C30H49N3O2/c1-18-11-22-15-29-30(35,23-16-26(22)27(12-18)32(4)17-23)8-7-24(31-29)14-21-10-19(2)13-28-25(21)6-5-9-33(28)20(3)34/h18-19,21-28,35H,5-17H2,1-4H3/t18-,19+,21-,22+,23-,24+,25?,26-,27+,28-,30+/m1/s1. The predicted molar refractivity (Wildman–Crippen MR) is 140 cm³/mol. The van der Waals surface area contributed by atoms with Gasteiger partial charge in [0.2, 0.25) is 5.91 Å². The average molecular weight is 484 g/mol. The minimum atomic E-state index is -0.672. The Morgan fingerprint density at radius 2 is 1.83 bits per heavy atom. The van der Waals surface area contributed by atoms with Crippen LogP contribution < -0.4 is 0 Å². The van der Waals surface area contributed by atoms with Crippen LogP contribution in [0.25, 0.3) is 0 Å². The molecular formula is C30H49N3O2. The number of amides is 1. The molecule has 35 heavy (non-hydrogen) atoms. The molecule has 196 valence electrons. The van der Waals surface area contributed by atoms with Crippen molar-refractivity contribution in [1.82, 2.24) is 9.80 Å². The van der Waals surface area contributed by atoms with Gasteiger partial charge in [-0.1, -0.05) is 13.8 Å². The van der Waals surface area contributed by atoms with Crippen molar-refractivity contribution in [3.05, 3.63) is 0 Å². The quantitative estimate of drug-likeness (QED) is 0.615. The van der Waals surface area contributed by atoms with Gasteiger partial charge >= 0.3 is 0 Å². The van der Waals surface area contributed by atoms with Crippen molar-refractivity contribution in [3.8, 4) is 0 Å². The number of carbonyl (C=O) groups is 1.